The molecule has 3 aromatic rings. The lowest BCUT2D eigenvalue weighted by Gasteiger charge is -2.26. The van der Waals surface area contributed by atoms with Gasteiger partial charge in [-0.1, -0.05) is 36.4 Å². The number of ether oxygens (including phenoxy) is 3. The van der Waals surface area contributed by atoms with Gasteiger partial charge in [-0.05, 0) is 23.8 Å². The minimum atomic E-state index is -0.0703. The van der Waals surface area contributed by atoms with Crippen LogP contribution < -0.4 is 14.3 Å². The van der Waals surface area contributed by atoms with E-state index < -0.39 is 0 Å². The quantitative estimate of drug-likeness (QED) is 0.339. The molecule has 0 atom stereocenters. The molecule has 0 N–H and O–H groups in total. The summed E-state index contributed by atoms with van der Waals surface area (Å²) < 4.78 is 18.4. The monoisotopic (exact) mass is 492 g/mol. The molecule has 182 valence electrons. The largest absolute Gasteiger partial charge is 0.493 e. The molecule has 0 bridgehead atoms. The number of benzene rings is 2. The summed E-state index contributed by atoms with van der Waals surface area (Å²) in [5.41, 5.74) is 2.82. The fraction of sp³-hybridized carbons (Fsp3) is 0.269. The minimum absolute atomic E-state index is 0.0524. The van der Waals surface area contributed by atoms with Gasteiger partial charge in [-0.2, -0.15) is 5.10 Å². The van der Waals surface area contributed by atoms with E-state index in [1.807, 2.05) is 52.5 Å². The van der Waals surface area contributed by atoms with Crippen molar-refractivity contribution in [2.75, 3.05) is 46.6 Å². The second-order valence-corrected chi connectivity index (χ2v) is 8.48. The molecule has 0 saturated carbocycles. The van der Waals surface area contributed by atoms with Crippen molar-refractivity contribution in [3.8, 4) is 22.8 Å². The molecule has 1 fully saturated rings. The fourth-order valence-electron chi connectivity index (χ4n) is 3.52. The van der Waals surface area contributed by atoms with Crippen LogP contribution in [-0.4, -0.2) is 68.3 Å². The number of rotatable bonds is 9. The molecule has 0 aliphatic carbocycles. The van der Waals surface area contributed by atoms with Gasteiger partial charge in [0.2, 0.25) is 4.80 Å². The molecule has 4 rings (SSSR count). The summed E-state index contributed by atoms with van der Waals surface area (Å²) in [6.45, 7) is 6.49. The van der Waals surface area contributed by atoms with Crippen LogP contribution in [0.5, 0.6) is 11.5 Å². The molecule has 8 nitrogen and oxygen atoms in total. The molecule has 1 aliphatic rings. The molecule has 1 amide bonds. The summed E-state index contributed by atoms with van der Waals surface area (Å²) in [5, 5.41) is 6.75. The number of amides is 1. The number of nitrogens with zero attached hydrogens (tertiary/aromatic N) is 4. The van der Waals surface area contributed by atoms with Gasteiger partial charge in [0.15, 0.2) is 18.1 Å². The standard InChI is InChI=1S/C26H28N4O4S/c1-3-11-27-26-30(22(19-35-26)21-7-5-4-6-8-21)28-17-20-9-10-23(24(16-20)32-2)34-18-25(31)29-12-14-33-15-13-29/h3-10,16-17,19H,1,11-15,18H2,2H3/b27-26?,28-17-. The van der Waals surface area contributed by atoms with Crippen LogP contribution in [-0.2, 0) is 9.53 Å². The topological polar surface area (TPSA) is 77.7 Å². The van der Waals surface area contributed by atoms with E-state index in [-0.39, 0.29) is 12.5 Å². The maximum absolute atomic E-state index is 12.4. The lowest BCUT2D eigenvalue weighted by molar-refractivity contribution is -0.137. The van der Waals surface area contributed by atoms with Crippen molar-refractivity contribution in [3.05, 3.63) is 76.9 Å². The fourth-order valence-corrected chi connectivity index (χ4v) is 4.37. The van der Waals surface area contributed by atoms with Gasteiger partial charge in [0.05, 0.1) is 38.8 Å². The van der Waals surface area contributed by atoms with Crippen molar-refractivity contribution < 1.29 is 19.0 Å². The third-order valence-corrected chi connectivity index (χ3v) is 6.19. The van der Waals surface area contributed by atoms with Crippen LogP contribution in [0, 0.1) is 0 Å². The smallest absolute Gasteiger partial charge is 0.260 e. The Morgan fingerprint density at radius 2 is 1.97 bits per heavy atom. The molecule has 2 aromatic carbocycles. The van der Waals surface area contributed by atoms with Gasteiger partial charge >= 0.3 is 0 Å². The summed E-state index contributed by atoms with van der Waals surface area (Å²) in [6, 6.07) is 15.5. The number of carbonyl (C=O) groups excluding carboxylic acids is 1. The number of hydrogen-bond acceptors (Lipinski definition) is 7. The summed E-state index contributed by atoms with van der Waals surface area (Å²) in [7, 11) is 1.57. The second kappa shape index (κ2) is 12.1. The highest BCUT2D eigenvalue weighted by Crippen LogP contribution is 2.28. The molecule has 2 heterocycles. The van der Waals surface area contributed by atoms with E-state index in [9.17, 15) is 4.79 Å². The van der Waals surface area contributed by atoms with Crippen molar-refractivity contribution in [3.63, 3.8) is 0 Å². The van der Waals surface area contributed by atoms with Crippen molar-refractivity contribution >= 4 is 23.5 Å². The Balaban J connectivity index is 1.54. The maximum atomic E-state index is 12.4. The lowest BCUT2D eigenvalue weighted by Crippen LogP contribution is -2.43. The van der Waals surface area contributed by atoms with Crippen LogP contribution in [0.3, 0.4) is 0 Å². The van der Waals surface area contributed by atoms with Crippen LogP contribution >= 0.6 is 11.3 Å². The Kier molecular flexibility index (Phi) is 8.48. The van der Waals surface area contributed by atoms with Crippen LogP contribution in [0.15, 0.2) is 76.7 Å². The van der Waals surface area contributed by atoms with Gasteiger partial charge < -0.3 is 19.1 Å². The van der Waals surface area contributed by atoms with Gasteiger partial charge in [-0.25, -0.2) is 4.68 Å². The number of morpholine rings is 1. The predicted octanol–water partition coefficient (Wildman–Crippen LogP) is 3.43. The zero-order valence-corrected chi connectivity index (χ0v) is 20.4. The molecular weight excluding hydrogens is 464 g/mol. The van der Waals surface area contributed by atoms with E-state index in [0.717, 1.165) is 21.6 Å². The number of hydrogen-bond donors (Lipinski definition) is 0. The average molecular weight is 493 g/mol. The third kappa shape index (κ3) is 6.26. The third-order valence-electron chi connectivity index (χ3n) is 5.34. The Hall–Kier alpha value is -3.69. The maximum Gasteiger partial charge on any atom is 0.260 e. The Bertz CT molecular complexity index is 1240. The summed E-state index contributed by atoms with van der Waals surface area (Å²) in [6.07, 6.45) is 3.50. The molecule has 0 spiro atoms. The Morgan fingerprint density at radius 3 is 2.71 bits per heavy atom. The molecule has 35 heavy (non-hydrogen) atoms. The second-order valence-electron chi connectivity index (χ2n) is 7.65. The normalized spacial score (nSPS) is 14.3. The first-order valence-electron chi connectivity index (χ1n) is 11.3. The Morgan fingerprint density at radius 1 is 1.17 bits per heavy atom. The lowest BCUT2D eigenvalue weighted by atomic mass is 10.2. The van der Waals surface area contributed by atoms with Gasteiger partial charge in [-0.3, -0.25) is 9.79 Å². The zero-order valence-electron chi connectivity index (χ0n) is 19.6. The molecule has 0 unspecified atom stereocenters. The van der Waals surface area contributed by atoms with E-state index in [2.05, 4.69) is 11.6 Å². The summed E-state index contributed by atoms with van der Waals surface area (Å²) >= 11 is 1.52. The minimum Gasteiger partial charge on any atom is -0.493 e. The highest BCUT2D eigenvalue weighted by atomic mass is 32.1. The van der Waals surface area contributed by atoms with Crippen LogP contribution in [0.4, 0.5) is 0 Å². The SMILES string of the molecule is C=CCN=c1scc(-c2ccccc2)n1/N=C\c1ccc(OCC(=O)N2CCOCC2)c(OC)c1. The van der Waals surface area contributed by atoms with E-state index >= 15 is 0 Å². The van der Waals surface area contributed by atoms with Crippen molar-refractivity contribution in [1.82, 2.24) is 9.58 Å². The highest BCUT2D eigenvalue weighted by molar-refractivity contribution is 7.07. The molecular formula is C26H28N4O4S. The van der Waals surface area contributed by atoms with Crippen LogP contribution in [0.2, 0.25) is 0 Å². The number of thiazole rings is 1. The van der Waals surface area contributed by atoms with E-state index in [4.69, 9.17) is 19.3 Å². The van der Waals surface area contributed by atoms with Crippen molar-refractivity contribution in [1.29, 1.82) is 0 Å². The van der Waals surface area contributed by atoms with Crippen LogP contribution in [0.1, 0.15) is 5.56 Å². The molecule has 1 aromatic heterocycles. The number of carbonyl (C=O) groups is 1. The van der Waals surface area contributed by atoms with Crippen molar-refractivity contribution in [2.24, 2.45) is 10.1 Å². The first kappa shape index (κ1) is 24.4. The average Bonchev–Trinajstić information content (AvgIpc) is 3.33. The van der Waals surface area contributed by atoms with Gasteiger partial charge in [-0.15, -0.1) is 17.9 Å². The highest BCUT2D eigenvalue weighted by Gasteiger charge is 2.18. The summed E-state index contributed by atoms with van der Waals surface area (Å²) in [4.78, 5) is 19.5. The molecule has 0 radical (unpaired) electrons. The van der Waals surface area contributed by atoms with Gasteiger partial charge in [0, 0.05) is 24.0 Å². The molecule has 1 aliphatic heterocycles. The van der Waals surface area contributed by atoms with E-state index in [1.54, 1.807) is 30.4 Å². The first-order chi connectivity index (χ1) is 17.2. The van der Waals surface area contributed by atoms with Crippen LogP contribution in [0.25, 0.3) is 11.3 Å². The van der Waals surface area contributed by atoms with Gasteiger partial charge in [0.25, 0.3) is 5.91 Å². The van der Waals surface area contributed by atoms with Gasteiger partial charge in [0.1, 0.15) is 0 Å². The van der Waals surface area contributed by atoms with Crippen molar-refractivity contribution in [2.45, 2.75) is 0 Å². The number of methoxy groups -OCH3 is 1. The number of aromatic nitrogens is 1. The van der Waals surface area contributed by atoms with E-state index in [0.29, 0.717) is 44.3 Å². The van der Waals surface area contributed by atoms with E-state index in [1.165, 1.54) is 11.3 Å². The summed E-state index contributed by atoms with van der Waals surface area (Å²) in [5.74, 6) is 0.957. The zero-order chi connectivity index (χ0) is 24.5. The molecule has 1 saturated heterocycles. The molecule has 9 heteroatoms. The predicted molar refractivity (Wildman–Crippen MR) is 137 cm³/mol. The first-order valence-corrected chi connectivity index (χ1v) is 12.2. The Labute approximate surface area is 208 Å².